The van der Waals surface area contributed by atoms with Crippen LogP contribution in [0.3, 0.4) is 0 Å². The second-order valence-electron chi connectivity index (χ2n) is 8.78. The molecular formula is C27H46N2O. The maximum absolute atomic E-state index is 5.88. The second kappa shape index (κ2) is 16.2. The largest absolute Gasteiger partial charge is 0.494 e. The third-order valence-electron chi connectivity index (χ3n) is 6.22. The molecule has 170 valence electrons. The number of unbranched alkanes of at least 4 members (excludes halogenated alkanes) is 10. The summed E-state index contributed by atoms with van der Waals surface area (Å²) in [5.41, 5.74) is 1.33. The van der Waals surface area contributed by atoms with E-state index >= 15 is 0 Å². The first-order valence-corrected chi connectivity index (χ1v) is 12.6. The molecule has 3 nitrogen and oxygen atoms in total. The van der Waals surface area contributed by atoms with Gasteiger partial charge in [-0.05, 0) is 62.9 Å². The van der Waals surface area contributed by atoms with Crippen molar-refractivity contribution < 1.29 is 4.74 Å². The first-order chi connectivity index (χ1) is 14.8. The fourth-order valence-corrected chi connectivity index (χ4v) is 4.21. The molecule has 3 heteroatoms. The molecule has 1 heterocycles. The summed E-state index contributed by atoms with van der Waals surface area (Å²) in [7, 11) is 0. The maximum Gasteiger partial charge on any atom is 0.119 e. The Hall–Kier alpha value is -1.48. The molecule has 0 amide bonds. The number of benzene rings is 1. The highest BCUT2D eigenvalue weighted by molar-refractivity contribution is 5.49. The highest BCUT2D eigenvalue weighted by Gasteiger charge is 2.16. The summed E-state index contributed by atoms with van der Waals surface area (Å²) < 4.78 is 5.88. The van der Waals surface area contributed by atoms with E-state index in [4.69, 9.17) is 4.74 Å². The smallest absolute Gasteiger partial charge is 0.119 e. The molecule has 0 atom stereocenters. The number of allylic oxidation sites excluding steroid dienone is 1. The fourth-order valence-electron chi connectivity index (χ4n) is 4.21. The van der Waals surface area contributed by atoms with Gasteiger partial charge in [-0.1, -0.05) is 57.9 Å². The van der Waals surface area contributed by atoms with E-state index in [1.807, 2.05) is 6.08 Å². The number of nitrogens with zero attached hydrogens (tertiary/aromatic N) is 2. The summed E-state index contributed by atoms with van der Waals surface area (Å²) in [6.45, 7) is 12.8. The minimum absolute atomic E-state index is 0.813. The number of anilines is 1. The van der Waals surface area contributed by atoms with E-state index in [0.717, 1.165) is 38.3 Å². The van der Waals surface area contributed by atoms with E-state index in [9.17, 15) is 0 Å². The van der Waals surface area contributed by atoms with Gasteiger partial charge in [-0.3, -0.25) is 4.90 Å². The zero-order valence-corrected chi connectivity index (χ0v) is 19.6. The van der Waals surface area contributed by atoms with Gasteiger partial charge in [0.05, 0.1) is 6.61 Å². The molecule has 0 aromatic heterocycles. The van der Waals surface area contributed by atoms with Crippen molar-refractivity contribution in [3.05, 3.63) is 36.9 Å². The molecule has 0 N–H and O–H groups in total. The lowest BCUT2D eigenvalue weighted by Crippen LogP contribution is -2.46. The summed E-state index contributed by atoms with van der Waals surface area (Å²) in [6.07, 6.45) is 17.9. The molecule has 0 aliphatic carbocycles. The van der Waals surface area contributed by atoms with Gasteiger partial charge in [0.1, 0.15) is 5.75 Å². The Kier molecular flexibility index (Phi) is 13.4. The summed E-state index contributed by atoms with van der Waals surface area (Å²) in [4.78, 5) is 5.17. The van der Waals surface area contributed by atoms with Crippen LogP contribution in [0.1, 0.15) is 84.0 Å². The zero-order chi connectivity index (χ0) is 21.3. The molecular weight excluding hydrogens is 368 g/mol. The van der Waals surface area contributed by atoms with Crippen LogP contribution in [0.15, 0.2) is 36.9 Å². The minimum atomic E-state index is 0.813. The van der Waals surface area contributed by atoms with Gasteiger partial charge in [-0.2, -0.15) is 0 Å². The zero-order valence-electron chi connectivity index (χ0n) is 19.6. The fraction of sp³-hybridized carbons (Fsp3) is 0.704. The molecule has 0 bridgehead atoms. The van der Waals surface area contributed by atoms with Gasteiger partial charge in [0.25, 0.3) is 0 Å². The van der Waals surface area contributed by atoms with Crippen molar-refractivity contribution in [1.29, 1.82) is 0 Å². The molecule has 1 aliphatic heterocycles. The quantitative estimate of drug-likeness (QED) is 0.200. The molecule has 0 spiro atoms. The molecule has 0 radical (unpaired) electrons. The predicted molar refractivity (Wildman–Crippen MR) is 132 cm³/mol. The summed E-state index contributed by atoms with van der Waals surface area (Å²) in [6, 6.07) is 8.71. The number of hydrogen-bond donors (Lipinski definition) is 0. The molecule has 1 aliphatic rings. The highest BCUT2D eigenvalue weighted by Crippen LogP contribution is 2.21. The van der Waals surface area contributed by atoms with Crippen LogP contribution in [0.4, 0.5) is 5.69 Å². The Morgan fingerprint density at radius 2 is 1.43 bits per heavy atom. The summed E-state index contributed by atoms with van der Waals surface area (Å²) in [5.74, 6) is 0.996. The first kappa shape index (κ1) is 24.8. The number of piperazine rings is 1. The molecule has 1 saturated heterocycles. The van der Waals surface area contributed by atoms with E-state index in [1.165, 1.54) is 89.5 Å². The lowest BCUT2D eigenvalue weighted by molar-refractivity contribution is 0.252. The van der Waals surface area contributed by atoms with Crippen molar-refractivity contribution in [3.63, 3.8) is 0 Å². The lowest BCUT2D eigenvalue weighted by atomic mass is 10.1. The molecule has 2 rings (SSSR count). The van der Waals surface area contributed by atoms with Crippen molar-refractivity contribution in [2.75, 3.05) is 44.2 Å². The van der Waals surface area contributed by atoms with Crippen LogP contribution < -0.4 is 9.64 Å². The van der Waals surface area contributed by atoms with Crippen LogP contribution in [-0.4, -0.2) is 44.2 Å². The Bertz CT molecular complexity index is 534. The molecule has 1 aromatic rings. The van der Waals surface area contributed by atoms with Crippen molar-refractivity contribution in [3.8, 4) is 5.75 Å². The third-order valence-corrected chi connectivity index (χ3v) is 6.22. The van der Waals surface area contributed by atoms with Crippen LogP contribution in [0, 0.1) is 0 Å². The number of rotatable bonds is 17. The van der Waals surface area contributed by atoms with Gasteiger partial charge >= 0.3 is 0 Å². The SMILES string of the molecule is C=CCCCCCOc1ccc(N2CCN(CCCCCCCCCC)CC2)cc1. The Labute approximate surface area is 186 Å². The summed E-state index contributed by atoms with van der Waals surface area (Å²) >= 11 is 0. The van der Waals surface area contributed by atoms with Gasteiger partial charge in [0, 0.05) is 31.9 Å². The third kappa shape index (κ3) is 10.5. The molecule has 30 heavy (non-hydrogen) atoms. The van der Waals surface area contributed by atoms with E-state index in [2.05, 4.69) is 47.6 Å². The van der Waals surface area contributed by atoms with Gasteiger partial charge in [-0.15, -0.1) is 6.58 Å². The van der Waals surface area contributed by atoms with Crippen LogP contribution in [-0.2, 0) is 0 Å². The average molecular weight is 415 g/mol. The van der Waals surface area contributed by atoms with Crippen LogP contribution in [0.25, 0.3) is 0 Å². The van der Waals surface area contributed by atoms with Gasteiger partial charge in [0.15, 0.2) is 0 Å². The van der Waals surface area contributed by atoms with E-state index in [1.54, 1.807) is 0 Å². The lowest BCUT2D eigenvalue weighted by Gasteiger charge is -2.36. The summed E-state index contributed by atoms with van der Waals surface area (Å²) in [5, 5.41) is 0. The maximum atomic E-state index is 5.88. The van der Waals surface area contributed by atoms with Crippen molar-refractivity contribution in [2.45, 2.75) is 84.0 Å². The predicted octanol–water partition coefficient (Wildman–Crippen LogP) is 7.07. The van der Waals surface area contributed by atoms with Gasteiger partial charge in [-0.25, -0.2) is 0 Å². The number of ether oxygens (including phenoxy) is 1. The van der Waals surface area contributed by atoms with Gasteiger partial charge in [0.2, 0.25) is 0 Å². The molecule has 0 saturated carbocycles. The average Bonchev–Trinajstić information content (AvgIpc) is 2.79. The normalized spacial score (nSPS) is 14.8. The standard InChI is InChI=1S/C27H46N2O/c1-3-5-7-9-10-11-12-14-20-28-21-23-29(24-22-28)26-16-18-27(19-17-26)30-25-15-13-8-6-4-2/h4,16-19H,2-3,5-15,20-25H2,1H3. The molecule has 0 unspecified atom stereocenters. The van der Waals surface area contributed by atoms with Crippen LogP contribution in [0.5, 0.6) is 5.75 Å². The highest BCUT2D eigenvalue weighted by atomic mass is 16.5. The molecule has 1 fully saturated rings. The van der Waals surface area contributed by atoms with E-state index < -0.39 is 0 Å². The van der Waals surface area contributed by atoms with E-state index in [-0.39, 0.29) is 0 Å². The topological polar surface area (TPSA) is 15.7 Å². The minimum Gasteiger partial charge on any atom is -0.494 e. The Morgan fingerprint density at radius 1 is 0.800 bits per heavy atom. The van der Waals surface area contributed by atoms with Crippen LogP contribution >= 0.6 is 0 Å². The Balaban J connectivity index is 1.53. The second-order valence-corrected chi connectivity index (χ2v) is 8.78. The molecule has 1 aromatic carbocycles. The van der Waals surface area contributed by atoms with Crippen LogP contribution in [0.2, 0.25) is 0 Å². The monoisotopic (exact) mass is 414 g/mol. The van der Waals surface area contributed by atoms with Crippen molar-refractivity contribution in [2.24, 2.45) is 0 Å². The van der Waals surface area contributed by atoms with E-state index in [0.29, 0.717) is 0 Å². The van der Waals surface area contributed by atoms with Gasteiger partial charge < -0.3 is 9.64 Å². The number of hydrogen-bond acceptors (Lipinski definition) is 3. The first-order valence-electron chi connectivity index (χ1n) is 12.6. The Morgan fingerprint density at radius 3 is 2.10 bits per heavy atom. The van der Waals surface area contributed by atoms with Crippen molar-refractivity contribution >= 4 is 5.69 Å². The van der Waals surface area contributed by atoms with Crippen molar-refractivity contribution in [1.82, 2.24) is 4.90 Å².